The Bertz CT molecular complexity index is 469. The molecule has 0 aliphatic carbocycles. The van der Waals surface area contributed by atoms with Crippen LogP contribution in [0.25, 0.3) is 0 Å². The maximum atomic E-state index is 11.5. The van der Waals surface area contributed by atoms with Gasteiger partial charge in [-0.25, -0.2) is 5.84 Å². The number of nitrogens with two attached hydrogens (primary N) is 1. The van der Waals surface area contributed by atoms with Crippen molar-refractivity contribution in [1.82, 2.24) is 10.3 Å². The first-order valence-electron chi connectivity index (χ1n) is 7.83. The Hall–Kier alpha value is -1.39. The third-order valence-corrected chi connectivity index (χ3v) is 4.67. The van der Waals surface area contributed by atoms with Gasteiger partial charge < -0.3 is 0 Å². The third kappa shape index (κ3) is 4.05. The zero-order valence-electron chi connectivity index (χ0n) is 13.3. The van der Waals surface area contributed by atoms with Crippen LogP contribution >= 0.6 is 0 Å². The maximum Gasteiger partial charge on any atom is 0.241 e. The van der Waals surface area contributed by atoms with Crippen LogP contribution in [0.15, 0.2) is 24.3 Å². The summed E-state index contributed by atoms with van der Waals surface area (Å²) >= 11 is 0. The molecule has 2 unspecified atom stereocenters. The van der Waals surface area contributed by atoms with Gasteiger partial charge in [-0.15, -0.1) is 0 Å². The summed E-state index contributed by atoms with van der Waals surface area (Å²) < 4.78 is 0. The molecule has 2 atom stereocenters. The minimum atomic E-state index is -0.207. The van der Waals surface area contributed by atoms with Crippen molar-refractivity contribution in [2.24, 2.45) is 17.7 Å². The first-order valence-corrected chi connectivity index (χ1v) is 7.83. The van der Waals surface area contributed by atoms with Gasteiger partial charge in [0.1, 0.15) is 0 Å². The summed E-state index contributed by atoms with van der Waals surface area (Å²) in [6.07, 6.45) is 1.31. The molecule has 0 aromatic heterocycles. The van der Waals surface area contributed by atoms with Crippen molar-refractivity contribution in [3.05, 3.63) is 35.4 Å². The second kappa shape index (κ2) is 7.05. The zero-order valence-corrected chi connectivity index (χ0v) is 13.3. The molecule has 1 fully saturated rings. The number of hydrazine groups is 1. The maximum absolute atomic E-state index is 11.5. The van der Waals surface area contributed by atoms with Gasteiger partial charge in [0.2, 0.25) is 5.91 Å². The molecule has 21 heavy (non-hydrogen) atoms. The summed E-state index contributed by atoms with van der Waals surface area (Å²) in [6, 6.07) is 8.31. The SMILES string of the molecule is CC(C(=O)NN)c1ccc(CN2CCC(C(C)C)C2)cc1. The predicted molar refractivity (Wildman–Crippen MR) is 85.4 cm³/mol. The van der Waals surface area contributed by atoms with Crippen LogP contribution < -0.4 is 11.3 Å². The first-order chi connectivity index (χ1) is 10.0. The van der Waals surface area contributed by atoms with Crippen LogP contribution in [-0.4, -0.2) is 23.9 Å². The van der Waals surface area contributed by atoms with Crippen molar-refractivity contribution in [2.75, 3.05) is 13.1 Å². The van der Waals surface area contributed by atoms with Gasteiger partial charge in [-0.05, 0) is 42.9 Å². The number of carbonyl (C=O) groups is 1. The molecule has 0 saturated carbocycles. The lowest BCUT2D eigenvalue weighted by Crippen LogP contribution is -2.33. The van der Waals surface area contributed by atoms with Crippen LogP contribution in [0.2, 0.25) is 0 Å². The second-order valence-corrected chi connectivity index (χ2v) is 6.50. The molecule has 4 nitrogen and oxygen atoms in total. The third-order valence-electron chi connectivity index (χ3n) is 4.67. The summed E-state index contributed by atoms with van der Waals surface area (Å²) in [4.78, 5) is 14.1. The Labute approximate surface area is 127 Å². The number of hydrogen-bond donors (Lipinski definition) is 2. The highest BCUT2D eigenvalue weighted by molar-refractivity contribution is 5.82. The Kier molecular flexibility index (Phi) is 5.37. The van der Waals surface area contributed by atoms with Crippen LogP contribution in [0, 0.1) is 11.8 Å². The summed E-state index contributed by atoms with van der Waals surface area (Å²) in [5.41, 5.74) is 4.52. The molecule has 1 aliphatic rings. The molecule has 0 spiro atoms. The van der Waals surface area contributed by atoms with Gasteiger partial charge in [0.15, 0.2) is 0 Å². The van der Waals surface area contributed by atoms with Crippen LogP contribution in [0.1, 0.15) is 44.2 Å². The van der Waals surface area contributed by atoms with Crippen molar-refractivity contribution in [3.63, 3.8) is 0 Å². The van der Waals surface area contributed by atoms with Crippen molar-refractivity contribution in [3.8, 4) is 0 Å². The Morgan fingerprint density at radius 1 is 1.33 bits per heavy atom. The molecule has 1 saturated heterocycles. The smallest absolute Gasteiger partial charge is 0.241 e. The molecule has 2 rings (SSSR count). The lowest BCUT2D eigenvalue weighted by atomic mass is 9.95. The van der Waals surface area contributed by atoms with E-state index in [1.165, 1.54) is 25.1 Å². The van der Waals surface area contributed by atoms with E-state index in [2.05, 4.69) is 36.3 Å². The number of rotatable bonds is 5. The molecule has 1 aliphatic heterocycles. The minimum absolute atomic E-state index is 0.151. The molecule has 3 N–H and O–H groups in total. The Morgan fingerprint density at radius 3 is 2.52 bits per heavy atom. The van der Waals surface area contributed by atoms with E-state index in [9.17, 15) is 4.79 Å². The van der Waals surface area contributed by atoms with Crippen LogP contribution in [0.5, 0.6) is 0 Å². The second-order valence-electron chi connectivity index (χ2n) is 6.50. The molecule has 1 aromatic rings. The predicted octanol–water partition coefficient (Wildman–Crippen LogP) is 2.26. The molecule has 1 aromatic carbocycles. The normalized spacial score (nSPS) is 20.7. The Balaban J connectivity index is 1.93. The molecule has 116 valence electrons. The molecule has 0 radical (unpaired) electrons. The van der Waals surface area contributed by atoms with Crippen LogP contribution in [-0.2, 0) is 11.3 Å². The molecule has 1 heterocycles. The number of carbonyl (C=O) groups excluding carboxylic acids is 1. The minimum Gasteiger partial charge on any atom is -0.299 e. The van der Waals surface area contributed by atoms with Crippen LogP contribution in [0.4, 0.5) is 0 Å². The quantitative estimate of drug-likeness (QED) is 0.496. The van der Waals surface area contributed by atoms with E-state index in [0.717, 1.165) is 23.9 Å². The zero-order chi connectivity index (χ0) is 15.4. The lowest BCUT2D eigenvalue weighted by Gasteiger charge is -2.18. The molecule has 4 heteroatoms. The summed E-state index contributed by atoms with van der Waals surface area (Å²) in [6.45, 7) is 9.88. The van der Waals surface area contributed by atoms with Gasteiger partial charge in [-0.3, -0.25) is 15.1 Å². The highest BCUT2D eigenvalue weighted by atomic mass is 16.2. The monoisotopic (exact) mass is 289 g/mol. The first kappa shape index (κ1) is 16.0. The van der Waals surface area contributed by atoms with E-state index in [0.29, 0.717) is 0 Å². The van der Waals surface area contributed by atoms with Gasteiger partial charge in [-0.1, -0.05) is 38.1 Å². The van der Waals surface area contributed by atoms with Gasteiger partial charge in [0, 0.05) is 13.1 Å². The molecular weight excluding hydrogens is 262 g/mol. The summed E-state index contributed by atoms with van der Waals surface area (Å²) in [5.74, 6) is 6.42. The van der Waals surface area contributed by atoms with E-state index in [-0.39, 0.29) is 11.8 Å². The molecule has 0 bridgehead atoms. The van der Waals surface area contributed by atoms with E-state index in [4.69, 9.17) is 5.84 Å². The van der Waals surface area contributed by atoms with Gasteiger partial charge in [0.25, 0.3) is 0 Å². The number of benzene rings is 1. The Morgan fingerprint density at radius 2 is 2.00 bits per heavy atom. The van der Waals surface area contributed by atoms with Crippen molar-refractivity contribution >= 4 is 5.91 Å². The number of likely N-dealkylation sites (tertiary alicyclic amines) is 1. The number of nitrogens with one attached hydrogen (secondary N) is 1. The largest absolute Gasteiger partial charge is 0.299 e. The number of hydrogen-bond acceptors (Lipinski definition) is 3. The summed E-state index contributed by atoms with van der Waals surface area (Å²) in [5, 5.41) is 0. The lowest BCUT2D eigenvalue weighted by molar-refractivity contribution is -0.122. The molecule has 1 amide bonds. The number of nitrogens with zero attached hydrogens (tertiary/aromatic N) is 1. The van der Waals surface area contributed by atoms with Gasteiger partial charge in [0.05, 0.1) is 5.92 Å². The fourth-order valence-electron chi connectivity index (χ4n) is 3.00. The van der Waals surface area contributed by atoms with Gasteiger partial charge in [-0.2, -0.15) is 0 Å². The fourth-order valence-corrected chi connectivity index (χ4v) is 3.00. The number of amides is 1. The van der Waals surface area contributed by atoms with Crippen molar-refractivity contribution in [1.29, 1.82) is 0 Å². The highest BCUT2D eigenvalue weighted by Crippen LogP contribution is 2.25. The van der Waals surface area contributed by atoms with Crippen molar-refractivity contribution < 1.29 is 4.79 Å². The standard InChI is InChI=1S/C17H27N3O/c1-12(2)16-8-9-20(11-16)10-14-4-6-15(7-5-14)13(3)17(21)19-18/h4-7,12-13,16H,8-11,18H2,1-3H3,(H,19,21). The van der Waals surface area contributed by atoms with E-state index in [1.54, 1.807) is 0 Å². The van der Waals surface area contributed by atoms with E-state index in [1.807, 2.05) is 19.1 Å². The topological polar surface area (TPSA) is 58.4 Å². The van der Waals surface area contributed by atoms with Gasteiger partial charge >= 0.3 is 0 Å². The fraction of sp³-hybridized carbons (Fsp3) is 0.588. The molecular formula is C17H27N3O. The van der Waals surface area contributed by atoms with E-state index >= 15 is 0 Å². The average Bonchev–Trinajstić information content (AvgIpc) is 2.95. The van der Waals surface area contributed by atoms with Crippen molar-refractivity contribution in [2.45, 2.75) is 39.7 Å². The highest BCUT2D eigenvalue weighted by Gasteiger charge is 2.24. The van der Waals surface area contributed by atoms with E-state index < -0.39 is 0 Å². The average molecular weight is 289 g/mol. The summed E-state index contributed by atoms with van der Waals surface area (Å²) in [7, 11) is 0. The van der Waals surface area contributed by atoms with Crippen LogP contribution in [0.3, 0.4) is 0 Å².